The maximum absolute atomic E-state index is 10.7. The normalized spacial score (nSPS) is 10.8. The lowest BCUT2D eigenvalue weighted by Crippen LogP contribution is -2.05. The number of carbonyl (C=O) groups is 1. The van der Waals surface area contributed by atoms with Crippen molar-refractivity contribution in [3.05, 3.63) is 35.6 Å². The van der Waals surface area contributed by atoms with E-state index in [1.165, 1.54) is 12.4 Å². The van der Waals surface area contributed by atoms with Crippen LogP contribution in [-0.2, 0) is 6.54 Å². The molecule has 7 nitrogen and oxygen atoms in total. The first-order chi connectivity index (χ1) is 10.1. The molecule has 2 N–H and O–H groups in total. The van der Waals surface area contributed by atoms with Crippen molar-refractivity contribution in [1.82, 2.24) is 15.1 Å². The van der Waals surface area contributed by atoms with Crippen LogP contribution in [0.4, 0.5) is 5.82 Å². The molecule has 0 aromatic carbocycles. The number of carboxylic acid groups (broad SMARTS) is 1. The van der Waals surface area contributed by atoms with Gasteiger partial charge in [-0.3, -0.25) is 0 Å². The van der Waals surface area contributed by atoms with Gasteiger partial charge < -0.3 is 14.9 Å². The molecule has 0 unspecified atom stereocenters. The summed E-state index contributed by atoms with van der Waals surface area (Å²) in [6.45, 7) is 4.68. The van der Waals surface area contributed by atoms with Gasteiger partial charge in [0, 0.05) is 12.0 Å². The molecule has 21 heavy (non-hydrogen) atoms. The van der Waals surface area contributed by atoms with Gasteiger partial charge in [0.1, 0.15) is 5.82 Å². The van der Waals surface area contributed by atoms with Crippen LogP contribution in [0.2, 0.25) is 0 Å². The van der Waals surface area contributed by atoms with E-state index in [2.05, 4.69) is 34.3 Å². The second-order valence-corrected chi connectivity index (χ2v) is 4.68. The van der Waals surface area contributed by atoms with Gasteiger partial charge in [0.15, 0.2) is 11.5 Å². The summed E-state index contributed by atoms with van der Waals surface area (Å²) in [4.78, 5) is 18.4. The minimum absolute atomic E-state index is 0.0868. The SMILES string of the molecule is CCC(CC)c1cc(CNc2cnc(C(=O)O)cn2)on1. The molecule has 0 atom stereocenters. The number of hydrogen-bond donors (Lipinski definition) is 2. The third kappa shape index (κ3) is 3.77. The summed E-state index contributed by atoms with van der Waals surface area (Å²) < 4.78 is 5.28. The molecule has 0 amide bonds. The molecule has 0 aliphatic carbocycles. The van der Waals surface area contributed by atoms with E-state index in [1.54, 1.807) is 0 Å². The molecule has 0 radical (unpaired) electrons. The van der Waals surface area contributed by atoms with E-state index in [9.17, 15) is 4.79 Å². The predicted molar refractivity (Wildman–Crippen MR) is 76.1 cm³/mol. The van der Waals surface area contributed by atoms with Crippen molar-refractivity contribution in [2.75, 3.05) is 5.32 Å². The highest BCUT2D eigenvalue weighted by atomic mass is 16.5. The van der Waals surface area contributed by atoms with E-state index in [-0.39, 0.29) is 5.69 Å². The number of rotatable bonds is 7. The van der Waals surface area contributed by atoms with Gasteiger partial charge in [-0.2, -0.15) is 0 Å². The molecule has 2 aromatic rings. The highest BCUT2D eigenvalue weighted by Crippen LogP contribution is 2.22. The average Bonchev–Trinajstić information content (AvgIpc) is 2.96. The van der Waals surface area contributed by atoms with Gasteiger partial charge in [-0.05, 0) is 12.8 Å². The third-order valence-corrected chi connectivity index (χ3v) is 3.30. The first-order valence-electron chi connectivity index (χ1n) is 6.88. The van der Waals surface area contributed by atoms with Crippen molar-refractivity contribution in [3.63, 3.8) is 0 Å². The molecule has 2 heterocycles. The zero-order valence-corrected chi connectivity index (χ0v) is 12.0. The van der Waals surface area contributed by atoms with Gasteiger partial charge in [-0.1, -0.05) is 19.0 Å². The van der Waals surface area contributed by atoms with Gasteiger partial charge in [0.2, 0.25) is 0 Å². The predicted octanol–water partition coefficient (Wildman–Crippen LogP) is 2.68. The fraction of sp³-hybridized carbons (Fsp3) is 0.429. The van der Waals surface area contributed by atoms with E-state index in [1.807, 2.05) is 6.07 Å². The summed E-state index contributed by atoms with van der Waals surface area (Å²) in [7, 11) is 0. The molecule has 0 saturated heterocycles. The standard InChI is InChI=1S/C14H18N4O3/c1-3-9(4-2)11-5-10(21-18-11)6-16-13-8-15-12(7-17-13)14(19)20/h5,7-9H,3-4,6H2,1-2H3,(H,16,17)(H,19,20). The number of nitrogens with zero attached hydrogens (tertiary/aromatic N) is 3. The number of nitrogens with one attached hydrogen (secondary N) is 1. The van der Waals surface area contributed by atoms with E-state index < -0.39 is 5.97 Å². The lowest BCUT2D eigenvalue weighted by atomic mass is 9.99. The van der Waals surface area contributed by atoms with Crippen molar-refractivity contribution in [3.8, 4) is 0 Å². The van der Waals surface area contributed by atoms with Crippen molar-refractivity contribution < 1.29 is 14.4 Å². The Morgan fingerprint density at radius 2 is 2.10 bits per heavy atom. The van der Waals surface area contributed by atoms with Crippen LogP contribution in [0.5, 0.6) is 0 Å². The number of aromatic nitrogens is 3. The molecule has 7 heteroatoms. The van der Waals surface area contributed by atoms with Gasteiger partial charge in [0.25, 0.3) is 0 Å². The summed E-state index contributed by atoms with van der Waals surface area (Å²) in [5.41, 5.74) is 0.875. The van der Waals surface area contributed by atoms with E-state index in [0.29, 0.717) is 24.0 Å². The minimum atomic E-state index is -1.10. The molecule has 2 rings (SSSR count). The molecular formula is C14H18N4O3. The Morgan fingerprint density at radius 1 is 1.33 bits per heavy atom. The van der Waals surface area contributed by atoms with E-state index in [4.69, 9.17) is 9.63 Å². The van der Waals surface area contributed by atoms with Crippen molar-refractivity contribution in [2.45, 2.75) is 39.2 Å². The lowest BCUT2D eigenvalue weighted by molar-refractivity contribution is 0.0690. The van der Waals surface area contributed by atoms with Crippen LogP contribution >= 0.6 is 0 Å². The first-order valence-corrected chi connectivity index (χ1v) is 6.88. The number of carboxylic acids is 1. The number of anilines is 1. The van der Waals surface area contributed by atoms with Crippen LogP contribution in [0.3, 0.4) is 0 Å². The zero-order valence-electron chi connectivity index (χ0n) is 12.0. The molecule has 0 aliphatic rings. The van der Waals surface area contributed by atoms with E-state index in [0.717, 1.165) is 18.5 Å². The Morgan fingerprint density at radius 3 is 2.67 bits per heavy atom. The molecule has 112 valence electrons. The summed E-state index contributed by atoms with van der Waals surface area (Å²) in [5.74, 6) is 0.512. The van der Waals surface area contributed by atoms with Crippen LogP contribution in [0.15, 0.2) is 23.0 Å². The molecule has 0 fully saturated rings. The Bertz CT molecular complexity index is 591. The van der Waals surface area contributed by atoms with Gasteiger partial charge in [0.05, 0.1) is 24.6 Å². The average molecular weight is 290 g/mol. The largest absolute Gasteiger partial charge is 0.476 e. The minimum Gasteiger partial charge on any atom is -0.476 e. The Balaban J connectivity index is 1.95. The topological polar surface area (TPSA) is 101 Å². The maximum Gasteiger partial charge on any atom is 0.356 e. The lowest BCUT2D eigenvalue weighted by Gasteiger charge is -2.06. The van der Waals surface area contributed by atoms with Crippen molar-refractivity contribution in [1.29, 1.82) is 0 Å². The van der Waals surface area contributed by atoms with Crippen LogP contribution in [-0.4, -0.2) is 26.2 Å². The van der Waals surface area contributed by atoms with Crippen molar-refractivity contribution >= 4 is 11.8 Å². The summed E-state index contributed by atoms with van der Waals surface area (Å²) in [5, 5.41) is 15.8. The van der Waals surface area contributed by atoms with Crippen molar-refractivity contribution in [2.24, 2.45) is 0 Å². The second-order valence-electron chi connectivity index (χ2n) is 4.68. The molecule has 0 saturated carbocycles. The Labute approximate surface area is 122 Å². The first kappa shape index (κ1) is 15.0. The maximum atomic E-state index is 10.7. The number of hydrogen-bond acceptors (Lipinski definition) is 6. The molecule has 2 aromatic heterocycles. The zero-order chi connectivity index (χ0) is 15.2. The fourth-order valence-corrected chi connectivity index (χ4v) is 2.02. The van der Waals surface area contributed by atoms with E-state index >= 15 is 0 Å². The quantitative estimate of drug-likeness (QED) is 0.808. The summed E-state index contributed by atoms with van der Waals surface area (Å²) >= 11 is 0. The summed E-state index contributed by atoms with van der Waals surface area (Å²) in [6, 6.07) is 1.93. The number of aromatic carboxylic acids is 1. The van der Waals surface area contributed by atoms with Gasteiger partial charge in [-0.25, -0.2) is 14.8 Å². The fourth-order valence-electron chi connectivity index (χ4n) is 2.02. The van der Waals surface area contributed by atoms with Crippen LogP contribution in [0.25, 0.3) is 0 Å². The second kappa shape index (κ2) is 6.83. The molecule has 0 spiro atoms. The molecular weight excluding hydrogens is 272 g/mol. The van der Waals surface area contributed by atoms with Gasteiger partial charge >= 0.3 is 5.97 Å². The monoisotopic (exact) mass is 290 g/mol. The molecule has 0 bridgehead atoms. The van der Waals surface area contributed by atoms with Crippen LogP contribution < -0.4 is 5.32 Å². The van der Waals surface area contributed by atoms with Crippen LogP contribution in [0.1, 0.15) is 54.5 Å². The highest BCUT2D eigenvalue weighted by Gasteiger charge is 2.13. The highest BCUT2D eigenvalue weighted by molar-refractivity contribution is 5.84. The van der Waals surface area contributed by atoms with Crippen LogP contribution in [0, 0.1) is 0 Å². The molecule has 0 aliphatic heterocycles. The Hall–Kier alpha value is -2.44. The summed E-state index contributed by atoms with van der Waals surface area (Å²) in [6.07, 6.45) is 4.64. The third-order valence-electron chi connectivity index (χ3n) is 3.30. The van der Waals surface area contributed by atoms with Gasteiger partial charge in [-0.15, -0.1) is 0 Å². The smallest absolute Gasteiger partial charge is 0.356 e. The Kier molecular flexibility index (Phi) is 4.86.